The van der Waals surface area contributed by atoms with E-state index < -0.39 is 16.5 Å². The van der Waals surface area contributed by atoms with Crippen LogP contribution in [0.1, 0.15) is 0 Å². The molecular weight excluding hydrogens is 186 g/mol. The SMILES string of the molecule is O=[PH](O)O.O=[PH](O)O.[SiH4]. The Bertz CT molecular complexity index is 69.1. The molecule has 0 atom stereocenters. The van der Waals surface area contributed by atoms with Crippen LogP contribution >= 0.6 is 16.5 Å². The summed E-state index contributed by atoms with van der Waals surface area (Å²) in [5.74, 6) is 0. The molecule has 0 aromatic heterocycles. The fraction of sp³-hybridized carbons (Fsp3) is 0. The Labute approximate surface area is 57.1 Å². The van der Waals surface area contributed by atoms with E-state index >= 15 is 0 Å². The zero-order valence-electron chi connectivity index (χ0n) is 3.61. The summed E-state index contributed by atoms with van der Waals surface area (Å²) in [6.45, 7) is 0. The number of rotatable bonds is 0. The van der Waals surface area contributed by atoms with E-state index in [1.165, 1.54) is 0 Å². The van der Waals surface area contributed by atoms with Crippen molar-refractivity contribution in [1.29, 1.82) is 0 Å². The molecule has 0 aromatic rings. The molecule has 0 fully saturated rings. The Hall–Kier alpha value is 0.517. The number of hydrogen-bond acceptors (Lipinski definition) is 2. The molecule has 60 valence electrons. The second-order valence-electron chi connectivity index (χ2n) is 0.565. The van der Waals surface area contributed by atoms with Crippen LogP contribution in [0.5, 0.6) is 0 Å². The second kappa shape index (κ2) is 11.3. The fourth-order valence-corrected chi connectivity index (χ4v) is 0. The first-order valence-electron chi connectivity index (χ1n) is 1.30. The average Bonchev–Trinajstić information content (AvgIpc) is 1.25. The maximum Gasteiger partial charge on any atom is 0.314 e. The molecule has 0 saturated carbocycles. The molecule has 6 nitrogen and oxygen atoms in total. The predicted molar refractivity (Wildman–Crippen MR) is 38.2 cm³/mol. The van der Waals surface area contributed by atoms with Crippen molar-refractivity contribution in [1.82, 2.24) is 0 Å². The highest BCUT2D eigenvalue weighted by Gasteiger charge is 1.62. The Morgan fingerprint density at radius 1 is 0.778 bits per heavy atom. The van der Waals surface area contributed by atoms with Crippen molar-refractivity contribution in [2.24, 2.45) is 0 Å². The summed E-state index contributed by atoms with van der Waals surface area (Å²) in [7, 11) is -6.26. The van der Waals surface area contributed by atoms with Gasteiger partial charge in [0.1, 0.15) is 0 Å². The van der Waals surface area contributed by atoms with E-state index in [9.17, 15) is 0 Å². The average molecular weight is 196 g/mol. The third-order valence-corrected chi connectivity index (χ3v) is 0. The van der Waals surface area contributed by atoms with Gasteiger partial charge in [0.2, 0.25) is 0 Å². The molecule has 0 spiro atoms. The first-order chi connectivity index (χ1) is 3.46. The molecule has 9 heteroatoms. The molecule has 0 aliphatic heterocycles. The van der Waals surface area contributed by atoms with Crippen molar-refractivity contribution >= 4 is 27.5 Å². The quantitative estimate of drug-likeness (QED) is 0.247. The molecule has 0 bridgehead atoms. The van der Waals surface area contributed by atoms with E-state index in [2.05, 4.69) is 0 Å². The molecular formula is H10O6P2Si. The van der Waals surface area contributed by atoms with E-state index in [-0.39, 0.29) is 11.0 Å². The van der Waals surface area contributed by atoms with Crippen LogP contribution in [0.15, 0.2) is 0 Å². The Morgan fingerprint density at radius 2 is 0.778 bits per heavy atom. The minimum absolute atomic E-state index is 0. The first kappa shape index (κ1) is 16.3. The van der Waals surface area contributed by atoms with E-state index in [1.54, 1.807) is 0 Å². The Morgan fingerprint density at radius 3 is 0.778 bits per heavy atom. The van der Waals surface area contributed by atoms with Gasteiger partial charge in [0, 0.05) is 0 Å². The largest absolute Gasteiger partial charge is 0.326 e. The third kappa shape index (κ3) is 1350. The van der Waals surface area contributed by atoms with Gasteiger partial charge in [0.25, 0.3) is 0 Å². The van der Waals surface area contributed by atoms with Gasteiger partial charge >= 0.3 is 16.5 Å². The van der Waals surface area contributed by atoms with Gasteiger partial charge in [-0.05, 0) is 11.0 Å². The highest BCUT2D eigenvalue weighted by molar-refractivity contribution is 7.31. The molecule has 0 heterocycles. The zero-order chi connectivity index (χ0) is 7.15. The van der Waals surface area contributed by atoms with E-state index in [1.807, 2.05) is 0 Å². The van der Waals surface area contributed by atoms with Crippen molar-refractivity contribution < 1.29 is 28.7 Å². The Kier molecular flexibility index (Phi) is 20.5. The van der Waals surface area contributed by atoms with E-state index in [0.29, 0.717) is 0 Å². The minimum atomic E-state index is -3.13. The van der Waals surface area contributed by atoms with Crippen LogP contribution in [0.4, 0.5) is 0 Å². The molecule has 0 unspecified atom stereocenters. The second-order valence-corrected chi connectivity index (χ2v) is 1.70. The summed E-state index contributed by atoms with van der Waals surface area (Å²) >= 11 is 0. The molecule has 4 N–H and O–H groups in total. The fourth-order valence-electron chi connectivity index (χ4n) is 0. The monoisotopic (exact) mass is 196 g/mol. The van der Waals surface area contributed by atoms with E-state index in [0.717, 1.165) is 0 Å². The van der Waals surface area contributed by atoms with E-state index in [4.69, 9.17) is 28.7 Å². The standard InChI is InChI=1S/2H3O3P.H4Si/c2*1-4(2)3;/h2*4H,(H2,1,2,3);1H4. The van der Waals surface area contributed by atoms with Crippen molar-refractivity contribution in [3.05, 3.63) is 0 Å². The summed E-state index contributed by atoms with van der Waals surface area (Å²) in [5.41, 5.74) is 0. The summed E-state index contributed by atoms with van der Waals surface area (Å²) in [5, 5.41) is 0. The number of hydrogen-bond donors (Lipinski definition) is 4. The minimum Gasteiger partial charge on any atom is -0.326 e. The van der Waals surface area contributed by atoms with Gasteiger partial charge in [0.05, 0.1) is 0 Å². The highest BCUT2D eigenvalue weighted by atomic mass is 31.1. The van der Waals surface area contributed by atoms with Crippen LogP contribution in [0.2, 0.25) is 0 Å². The maximum atomic E-state index is 8.74. The lowest BCUT2D eigenvalue weighted by atomic mass is 15.8. The molecule has 0 aliphatic rings. The molecule has 0 amide bonds. The van der Waals surface area contributed by atoms with Gasteiger partial charge in [-0.15, -0.1) is 0 Å². The zero-order valence-corrected chi connectivity index (χ0v) is 5.61. The highest BCUT2D eigenvalue weighted by Crippen LogP contribution is 1.98. The first-order valence-corrected chi connectivity index (χ1v) is 3.91. The van der Waals surface area contributed by atoms with Gasteiger partial charge in [-0.25, -0.2) is 0 Å². The van der Waals surface area contributed by atoms with Gasteiger partial charge in [-0.2, -0.15) is 0 Å². The van der Waals surface area contributed by atoms with Gasteiger partial charge in [0.15, 0.2) is 0 Å². The molecule has 0 radical (unpaired) electrons. The lowest BCUT2D eigenvalue weighted by molar-refractivity contribution is 0.403. The van der Waals surface area contributed by atoms with Crippen LogP contribution in [-0.2, 0) is 9.13 Å². The summed E-state index contributed by atoms with van der Waals surface area (Å²) in [6.07, 6.45) is 0. The smallest absolute Gasteiger partial charge is 0.314 e. The normalized spacial score (nSPS) is 7.78. The maximum absolute atomic E-state index is 8.74. The predicted octanol–water partition coefficient (Wildman–Crippen LogP) is -2.73. The van der Waals surface area contributed by atoms with Crippen LogP contribution < -0.4 is 0 Å². The summed E-state index contributed by atoms with van der Waals surface area (Å²) in [4.78, 5) is 28.6. The molecule has 0 saturated heterocycles. The Balaban J connectivity index is -0.0000000720. The van der Waals surface area contributed by atoms with Gasteiger partial charge in [-0.3, -0.25) is 9.13 Å². The van der Waals surface area contributed by atoms with Crippen LogP contribution in [-0.4, -0.2) is 30.5 Å². The van der Waals surface area contributed by atoms with Crippen molar-refractivity contribution in [3.8, 4) is 0 Å². The lowest BCUT2D eigenvalue weighted by Crippen LogP contribution is -1.38. The topological polar surface area (TPSA) is 115 Å². The third-order valence-electron chi connectivity index (χ3n) is 0. The van der Waals surface area contributed by atoms with Gasteiger partial charge in [-0.1, -0.05) is 0 Å². The molecule has 0 aromatic carbocycles. The molecule has 0 rings (SSSR count). The van der Waals surface area contributed by atoms with Crippen molar-refractivity contribution in [3.63, 3.8) is 0 Å². The van der Waals surface area contributed by atoms with Crippen LogP contribution in [0, 0.1) is 0 Å². The van der Waals surface area contributed by atoms with Crippen molar-refractivity contribution in [2.75, 3.05) is 0 Å². The van der Waals surface area contributed by atoms with Gasteiger partial charge < -0.3 is 19.6 Å². The molecule has 9 heavy (non-hydrogen) atoms. The summed E-state index contributed by atoms with van der Waals surface area (Å²) in [6, 6.07) is 0. The molecule has 0 aliphatic carbocycles. The van der Waals surface area contributed by atoms with Crippen LogP contribution in [0.3, 0.4) is 0 Å². The van der Waals surface area contributed by atoms with Crippen LogP contribution in [0.25, 0.3) is 0 Å². The lowest BCUT2D eigenvalue weighted by Gasteiger charge is -1.61. The summed E-state index contributed by atoms with van der Waals surface area (Å²) < 4.78 is 17.5. The van der Waals surface area contributed by atoms with Crippen molar-refractivity contribution in [2.45, 2.75) is 0 Å².